The number of halogens is 3. The van der Waals surface area contributed by atoms with Gasteiger partial charge in [0.1, 0.15) is 0 Å². The minimum Gasteiger partial charge on any atom is -0.351 e. The van der Waals surface area contributed by atoms with Crippen LogP contribution < -0.4 is 5.32 Å². The molecular formula is C21H26Cl3N3O3S. The molecule has 3 rings (SSSR count). The molecule has 6 nitrogen and oxygen atoms in total. The summed E-state index contributed by atoms with van der Waals surface area (Å²) in [5, 5.41) is 3.72. The first-order valence-electron chi connectivity index (χ1n) is 9.90. The average Bonchev–Trinajstić information content (AvgIpc) is 2.73. The second-order valence-corrected chi connectivity index (χ2v) is 10.4. The van der Waals surface area contributed by atoms with E-state index in [0.29, 0.717) is 49.5 Å². The number of rotatable bonds is 7. The Kier molecular flexibility index (Phi) is 9.15. The van der Waals surface area contributed by atoms with E-state index in [1.54, 1.807) is 22.6 Å². The molecule has 1 N–H and O–H groups in total. The van der Waals surface area contributed by atoms with Crippen molar-refractivity contribution in [1.29, 1.82) is 0 Å². The molecule has 10 heteroatoms. The molecule has 1 amide bonds. The molecule has 0 spiro atoms. The summed E-state index contributed by atoms with van der Waals surface area (Å²) in [6, 6.07) is 10.4. The number of sulfonamides is 1. The molecule has 1 aromatic carbocycles. The third kappa shape index (κ3) is 6.11. The van der Waals surface area contributed by atoms with Crippen LogP contribution in [0.4, 0.5) is 0 Å². The summed E-state index contributed by atoms with van der Waals surface area (Å²) in [4.78, 5) is 17.3. The fourth-order valence-corrected chi connectivity index (χ4v) is 5.81. The molecule has 31 heavy (non-hydrogen) atoms. The average molecular weight is 507 g/mol. The standard InChI is InChI=1S/C21H25Cl2N3O3S.ClH/c1-2-13-30(28,29)26-11-8-21(9-12-26,19-5-3-4-10-24-19)15-25-20(27)17-7-6-16(22)14-18(17)23;/h3-7,10,14H,2,8-9,11-13,15H2,1H3,(H,25,27);1H. The highest BCUT2D eigenvalue weighted by molar-refractivity contribution is 7.89. The number of hydrogen-bond acceptors (Lipinski definition) is 4. The zero-order chi connectivity index (χ0) is 21.8. The lowest BCUT2D eigenvalue weighted by Gasteiger charge is -2.41. The van der Waals surface area contributed by atoms with E-state index in [1.807, 2.05) is 25.1 Å². The Morgan fingerprint density at radius 3 is 2.48 bits per heavy atom. The predicted octanol–water partition coefficient (Wildman–Crippen LogP) is 4.31. The van der Waals surface area contributed by atoms with Gasteiger partial charge in [0.15, 0.2) is 0 Å². The molecule has 0 bridgehead atoms. The summed E-state index contributed by atoms with van der Waals surface area (Å²) in [7, 11) is -3.25. The van der Waals surface area contributed by atoms with Crippen molar-refractivity contribution in [3.05, 3.63) is 63.9 Å². The molecule has 2 aromatic rings. The van der Waals surface area contributed by atoms with Crippen molar-refractivity contribution in [3.8, 4) is 0 Å². The van der Waals surface area contributed by atoms with E-state index in [0.717, 1.165) is 5.69 Å². The van der Waals surface area contributed by atoms with Crippen LogP contribution in [0, 0.1) is 0 Å². The summed E-state index contributed by atoms with van der Waals surface area (Å²) >= 11 is 12.1. The monoisotopic (exact) mass is 505 g/mol. The van der Waals surface area contributed by atoms with Crippen LogP contribution in [0.15, 0.2) is 42.6 Å². The van der Waals surface area contributed by atoms with Gasteiger partial charge in [-0.15, -0.1) is 12.4 Å². The molecule has 170 valence electrons. The lowest BCUT2D eigenvalue weighted by molar-refractivity contribution is 0.0932. The minimum absolute atomic E-state index is 0. The molecular weight excluding hydrogens is 481 g/mol. The number of benzene rings is 1. The van der Waals surface area contributed by atoms with Crippen molar-refractivity contribution in [2.24, 2.45) is 0 Å². The van der Waals surface area contributed by atoms with Crippen molar-refractivity contribution >= 4 is 51.5 Å². The highest BCUT2D eigenvalue weighted by atomic mass is 35.5. The molecule has 0 aliphatic carbocycles. The SMILES string of the molecule is CCCS(=O)(=O)N1CCC(CNC(=O)c2ccc(Cl)cc2Cl)(c2ccccn2)CC1.Cl. The van der Waals surface area contributed by atoms with Crippen molar-refractivity contribution in [3.63, 3.8) is 0 Å². The van der Waals surface area contributed by atoms with Crippen LogP contribution in [0.1, 0.15) is 42.2 Å². The zero-order valence-corrected chi connectivity index (χ0v) is 20.3. The summed E-state index contributed by atoms with van der Waals surface area (Å²) < 4.78 is 26.5. The van der Waals surface area contributed by atoms with Crippen LogP contribution in [0.3, 0.4) is 0 Å². The second-order valence-electron chi connectivity index (χ2n) is 7.52. The summed E-state index contributed by atoms with van der Waals surface area (Å²) in [6.45, 7) is 2.99. The number of carbonyl (C=O) groups is 1. The third-order valence-electron chi connectivity index (χ3n) is 5.51. The zero-order valence-electron chi connectivity index (χ0n) is 17.2. The Morgan fingerprint density at radius 1 is 1.19 bits per heavy atom. The van der Waals surface area contributed by atoms with Crippen LogP contribution in [0.2, 0.25) is 10.0 Å². The maximum absolute atomic E-state index is 12.7. The number of aromatic nitrogens is 1. The van der Waals surface area contributed by atoms with E-state index in [9.17, 15) is 13.2 Å². The minimum atomic E-state index is -3.25. The maximum Gasteiger partial charge on any atom is 0.252 e. The molecule has 0 unspecified atom stereocenters. The van der Waals surface area contributed by atoms with E-state index >= 15 is 0 Å². The molecule has 1 aromatic heterocycles. The number of pyridine rings is 1. The van der Waals surface area contributed by atoms with Gasteiger partial charge >= 0.3 is 0 Å². The Bertz CT molecular complexity index is 995. The molecule has 0 radical (unpaired) electrons. The molecule has 2 heterocycles. The molecule has 1 fully saturated rings. The number of nitrogens with one attached hydrogen (secondary N) is 1. The Labute approximate surface area is 199 Å². The fraction of sp³-hybridized carbons (Fsp3) is 0.429. The summed E-state index contributed by atoms with van der Waals surface area (Å²) in [6.07, 6.45) is 3.44. The van der Waals surface area contributed by atoms with Gasteiger partial charge in [0, 0.05) is 42.0 Å². The first-order valence-corrected chi connectivity index (χ1v) is 12.3. The van der Waals surface area contributed by atoms with Gasteiger partial charge in [-0.1, -0.05) is 36.2 Å². The molecule has 0 saturated carbocycles. The number of carbonyl (C=O) groups excluding carboxylic acids is 1. The van der Waals surface area contributed by atoms with Crippen LogP contribution in [0.5, 0.6) is 0 Å². The maximum atomic E-state index is 12.7. The van der Waals surface area contributed by atoms with Crippen molar-refractivity contribution in [2.75, 3.05) is 25.4 Å². The lowest BCUT2D eigenvalue weighted by Crippen LogP contribution is -2.51. The molecule has 1 saturated heterocycles. The number of piperidine rings is 1. The smallest absolute Gasteiger partial charge is 0.252 e. The Morgan fingerprint density at radius 2 is 1.90 bits per heavy atom. The lowest BCUT2D eigenvalue weighted by atomic mass is 9.75. The normalized spacial score (nSPS) is 16.4. The predicted molar refractivity (Wildman–Crippen MR) is 127 cm³/mol. The number of amides is 1. The molecule has 1 aliphatic heterocycles. The van der Waals surface area contributed by atoms with Crippen LogP contribution in [-0.2, 0) is 15.4 Å². The van der Waals surface area contributed by atoms with Crippen molar-refractivity contribution in [1.82, 2.24) is 14.6 Å². The van der Waals surface area contributed by atoms with Crippen LogP contribution in [-0.4, -0.2) is 49.0 Å². The van der Waals surface area contributed by atoms with Gasteiger partial charge in [-0.2, -0.15) is 0 Å². The molecule has 1 aliphatic rings. The van der Waals surface area contributed by atoms with Crippen LogP contribution >= 0.6 is 35.6 Å². The third-order valence-corrected chi connectivity index (χ3v) is 8.13. The fourth-order valence-electron chi connectivity index (χ4n) is 3.80. The van der Waals surface area contributed by atoms with Gasteiger partial charge in [-0.25, -0.2) is 12.7 Å². The van der Waals surface area contributed by atoms with Gasteiger partial charge in [0.25, 0.3) is 5.91 Å². The first kappa shape index (κ1) is 25.9. The van der Waals surface area contributed by atoms with Crippen molar-refractivity contribution < 1.29 is 13.2 Å². The van der Waals surface area contributed by atoms with Gasteiger partial charge < -0.3 is 5.32 Å². The van der Waals surface area contributed by atoms with Gasteiger partial charge in [-0.05, 0) is 49.6 Å². The van der Waals surface area contributed by atoms with Crippen molar-refractivity contribution in [2.45, 2.75) is 31.6 Å². The highest BCUT2D eigenvalue weighted by Gasteiger charge is 2.40. The first-order chi connectivity index (χ1) is 14.3. The van der Waals surface area contributed by atoms with Gasteiger partial charge in [-0.3, -0.25) is 9.78 Å². The summed E-state index contributed by atoms with van der Waals surface area (Å²) in [5.74, 6) is -0.150. The molecule has 0 atom stereocenters. The largest absolute Gasteiger partial charge is 0.351 e. The van der Waals surface area contributed by atoms with Crippen LogP contribution in [0.25, 0.3) is 0 Å². The highest BCUT2D eigenvalue weighted by Crippen LogP contribution is 2.35. The van der Waals surface area contributed by atoms with E-state index in [-0.39, 0.29) is 29.1 Å². The van der Waals surface area contributed by atoms with Gasteiger partial charge in [0.2, 0.25) is 10.0 Å². The van der Waals surface area contributed by atoms with E-state index in [1.165, 1.54) is 6.07 Å². The Hall–Kier alpha value is -1.38. The second kappa shape index (κ2) is 11.0. The topological polar surface area (TPSA) is 79.4 Å². The quantitative estimate of drug-likeness (QED) is 0.607. The number of hydrogen-bond donors (Lipinski definition) is 1. The van der Waals surface area contributed by atoms with E-state index in [2.05, 4.69) is 10.3 Å². The summed E-state index contributed by atoms with van der Waals surface area (Å²) in [5.41, 5.74) is 0.744. The number of nitrogens with zero attached hydrogens (tertiary/aromatic N) is 2. The van der Waals surface area contributed by atoms with E-state index in [4.69, 9.17) is 23.2 Å². The van der Waals surface area contributed by atoms with E-state index < -0.39 is 15.4 Å². The Balaban J connectivity index is 0.00000341. The van der Waals surface area contributed by atoms with Gasteiger partial charge in [0.05, 0.1) is 16.3 Å².